The fourth-order valence-corrected chi connectivity index (χ4v) is 2.80. The van der Waals surface area contributed by atoms with Crippen molar-refractivity contribution in [3.8, 4) is 0 Å². The normalized spacial score (nSPS) is 30.1. The molecule has 0 aliphatic carbocycles. The lowest BCUT2D eigenvalue weighted by Crippen LogP contribution is -2.51. The molecule has 2 fully saturated rings. The third-order valence-corrected chi connectivity index (χ3v) is 3.84. The van der Waals surface area contributed by atoms with Crippen LogP contribution in [0.1, 0.15) is 13.3 Å². The average molecular weight is 292 g/mol. The van der Waals surface area contributed by atoms with E-state index in [0.29, 0.717) is 13.2 Å². The molecule has 0 aromatic carbocycles. The Bertz CT molecular complexity index is 484. The van der Waals surface area contributed by atoms with E-state index < -0.39 is 0 Å². The molecule has 114 valence electrons. The summed E-state index contributed by atoms with van der Waals surface area (Å²) in [7, 11) is 0. The van der Waals surface area contributed by atoms with E-state index in [0.717, 1.165) is 25.3 Å². The van der Waals surface area contributed by atoms with Crippen LogP contribution in [-0.4, -0.2) is 65.6 Å². The molecule has 7 heteroatoms. The molecule has 3 atom stereocenters. The Balaban J connectivity index is 1.52. The van der Waals surface area contributed by atoms with E-state index in [1.807, 2.05) is 19.1 Å². The van der Waals surface area contributed by atoms with Gasteiger partial charge in [0.15, 0.2) is 0 Å². The number of nitrogens with one attached hydrogen (secondary N) is 1. The SMILES string of the molecule is C[C@@H]1C[C@H](N2CCO[C@@H](CNc3cccnn3)C2)C(=O)O1. The van der Waals surface area contributed by atoms with Crippen molar-refractivity contribution >= 4 is 11.8 Å². The Morgan fingerprint density at radius 1 is 1.52 bits per heavy atom. The van der Waals surface area contributed by atoms with Gasteiger partial charge in [-0.05, 0) is 19.1 Å². The molecule has 1 N–H and O–H groups in total. The lowest BCUT2D eigenvalue weighted by molar-refractivity contribution is -0.146. The van der Waals surface area contributed by atoms with Crippen molar-refractivity contribution in [2.75, 3.05) is 31.6 Å². The zero-order valence-corrected chi connectivity index (χ0v) is 12.1. The Morgan fingerprint density at radius 3 is 3.14 bits per heavy atom. The van der Waals surface area contributed by atoms with Gasteiger partial charge in [-0.25, -0.2) is 0 Å². The van der Waals surface area contributed by atoms with Gasteiger partial charge in [0.2, 0.25) is 0 Å². The van der Waals surface area contributed by atoms with Crippen LogP contribution in [0.5, 0.6) is 0 Å². The van der Waals surface area contributed by atoms with Crippen LogP contribution >= 0.6 is 0 Å². The number of rotatable bonds is 4. The number of hydrogen-bond acceptors (Lipinski definition) is 7. The molecule has 7 nitrogen and oxygen atoms in total. The summed E-state index contributed by atoms with van der Waals surface area (Å²) in [6.45, 7) is 4.71. The fraction of sp³-hybridized carbons (Fsp3) is 0.643. The third-order valence-electron chi connectivity index (χ3n) is 3.84. The number of aromatic nitrogens is 2. The van der Waals surface area contributed by atoms with Crippen molar-refractivity contribution in [2.24, 2.45) is 0 Å². The molecule has 21 heavy (non-hydrogen) atoms. The zero-order valence-electron chi connectivity index (χ0n) is 12.1. The van der Waals surface area contributed by atoms with E-state index in [9.17, 15) is 4.79 Å². The van der Waals surface area contributed by atoms with Crippen LogP contribution in [0.3, 0.4) is 0 Å². The fourth-order valence-electron chi connectivity index (χ4n) is 2.80. The van der Waals surface area contributed by atoms with E-state index >= 15 is 0 Å². The number of carbonyl (C=O) groups excluding carboxylic acids is 1. The van der Waals surface area contributed by atoms with Gasteiger partial charge in [0.1, 0.15) is 18.0 Å². The Hall–Kier alpha value is -1.73. The Kier molecular flexibility index (Phi) is 4.31. The van der Waals surface area contributed by atoms with Crippen molar-refractivity contribution < 1.29 is 14.3 Å². The summed E-state index contributed by atoms with van der Waals surface area (Å²) in [5, 5.41) is 11.0. The lowest BCUT2D eigenvalue weighted by Gasteiger charge is -2.35. The molecule has 0 radical (unpaired) electrons. The van der Waals surface area contributed by atoms with E-state index in [1.54, 1.807) is 6.20 Å². The highest BCUT2D eigenvalue weighted by Crippen LogP contribution is 2.22. The van der Waals surface area contributed by atoms with Crippen molar-refractivity contribution in [3.63, 3.8) is 0 Å². The topological polar surface area (TPSA) is 76.6 Å². The molecule has 0 bridgehead atoms. The second-order valence-corrected chi connectivity index (χ2v) is 5.48. The van der Waals surface area contributed by atoms with Gasteiger partial charge < -0.3 is 14.8 Å². The minimum absolute atomic E-state index is 0.0153. The maximum atomic E-state index is 11.8. The van der Waals surface area contributed by atoms with Crippen molar-refractivity contribution in [1.29, 1.82) is 0 Å². The first-order valence-corrected chi connectivity index (χ1v) is 7.30. The van der Waals surface area contributed by atoms with Crippen LogP contribution in [0.2, 0.25) is 0 Å². The second-order valence-electron chi connectivity index (χ2n) is 5.48. The van der Waals surface area contributed by atoms with Crippen molar-refractivity contribution in [1.82, 2.24) is 15.1 Å². The summed E-state index contributed by atoms with van der Waals surface area (Å²) in [5.74, 6) is 0.622. The van der Waals surface area contributed by atoms with Crippen LogP contribution in [0, 0.1) is 0 Å². The van der Waals surface area contributed by atoms with Gasteiger partial charge in [0, 0.05) is 32.3 Å². The molecule has 2 saturated heterocycles. The number of esters is 1. The molecule has 0 unspecified atom stereocenters. The Morgan fingerprint density at radius 2 is 2.43 bits per heavy atom. The minimum Gasteiger partial charge on any atom is -0.461 e. The second kappa shape index (κ2) is 6.36. The maximum absolute atomic E-state index is 11.8. The maximum Gasteiger partial charge on any atom is 0.323 e. The molecule has 1 aromatic rings. The molecule has 1 aromatic heterocycles. The molecular formula is C14H20N4O3. The monoisotopic (exact) mass is 292 g/mol. The first kappa shape index (κ1) is 14.2. The van der Waals surface area contributed by atoms with E-state index in [2.05, 4.69) is 20.4 Å². The molecule has 0 saturated carbocycles. The van der Waals surface area contributed by atoms with Crippen molar-refractivity contribution in [3.05, 3.63) is 18.3 Å². The first-order valence-electron chi connectivity index (χ1n) is 7.30. The summed E-state index contributed by atoms with van der Waals surface area (Å²) < 4.78 is 11.0. The van der Waals surface area contributed by atoms with Gasteiger partial charge in [-0.1, -0.05) is 0 Å². The highest BCUT2D eigenvalue weighted by Gasteiger charge is 2.38. The molecule has 2 aliphatic heterocycles. The van der Waals surface area contributed by atoms with E-state index in [-0.39, 0.29) is 24.2 Å². The highest BCUT2D eigenvalue weighted by atomic mass is 16.6. The molecule has 3 heterocycles. The number of morpholine rings is 1. The standard InChI is InChI=1S/C14H20N4O3/c1-10-7-12(14(19)21-10)18-5-6-20-11(9-18)8-15-13-3-2-4-16-17-13/h2-4,10-12H,5-9H2,1H3,(H,15,17)/t10-,11+,12+/m1/s1. The van der Waals surface area contributed by atoms with Crippen LogP contribution in [0.15, 0.2) is 18.3 Å². The van der Waals surface area contributed by atoms with Crippen LogP contribution < -0.4 is 5.32 Å². The summed E-state index contributed by atoms with van der Waals surface area (Å²) in [4.78, 5) is 14.0. The average Bonchev–Trinajstić information content (AvgIpc) is 2.85. The molecule has 2 aliphatic rings. The number of carbonyl (C=O) groups is 1. The van der Waals surface area contributed by atoms with Gasteiger partial charge in [-0.3, -0.25) is 9.69 Å². The number of nitrogens with zero attached hydrogens (tertiary/aromatic N) is 3. The lowest BCUT2D eigenvalue weighted by atomic mass is 10.1. The van der Waals surface area contributed by atoms with Gasteiger partial charge >= 0.3 is 5.97 Å². The number of cyclic esters (lactones) is 1. The third kappa shape index (κ3) is 3.48. The van der Waals surface area contributed by atoms with Gasteiger partial charge in [0.25, 0.3) is 0 Å². The molecular weight excluding hydrogens is 272 g/mol. The number of ether oxygens (including phenoxy) is 2. The summed E-state index contributed by atoms with van der Waals surface area (Å²) in [6.07, 6.45) is 2.45. The predicted octanol–water partition coefficient (Wildman–Crippen LogP) is 0.293. The smallest absolute Gasteiger partial charge is 0.323 e. The van der Waals surface area contributed by atoms with Crippen molar-refractivity contribution in [2.45, 2.75) is 31.6 Å². The van der Waals surface area contributed by atoms with E-state index in [4.69, 9.17) is 9.47 Å². The predicted molar refractivity (Wildman–Crippen MR) is 75.8 cm³/mol. The van der Waals surface area contributed by atoms with Gasteiger partial charge in [-0.15, -0.1) is 5.10 Å². The minimum atomic E-state index is -0.122. The van der Waals surface area contributed by atoms with Crippen LogP contribution in [-0.2, 0) is 14.3 Å². The summed E-state index contributed by atoms with van der Waals surface area (Å²) >= 11 is 0. The number of hydrogen-bond donors (Lipinski definition) is 1. The Labute approximate surface area is 123 Å². The van der Waals surface area contributed by atoms with E-state index in [1.165, 1.54) is 0 Å². The summed E-state index contributed by atoms with van der Waals surface area (Å²) in [5.41, 5.74) is 0. The highest BCUT2D eigenvalue weighted by molar-refractivity contribution is 5.78. The van der Waals surface area contributed by atoms with Gasteiger partial charge in [-0.2, -0.15) is 5.10 Å². The largest absolute Gasteiger partial charge is 0.461 e. The van der Waals surface area contributed by atoms with Gasteiger partial charge in [0.05, 0.1) is 12.7 Å². The molecule has 3 rings (SSSR count). The zero-order chi connectivity index (χ0) is 14.7. The number of anilines is 1. The molecule has 0 amide bonds. The van der Waals surface area contributed by atoms with Crippen LogP contribution in [0.25, 0.3) is 0 Å². The summed E-state index contributed by atoms with van der Waals surface area (Å²) in [6, 6.07) is 3.58. The molecule has 0 spiro atoms. The first-order chi connectivity index (χ1) is 10.2. The van der Waals surface area contributed by atoms with Crippen LogP contribution in [0.4, 0.5) is 5.82 Å². The quantitative estimate of drug-likeness (QED) is 0.799.